The molecule has 0 atom stereocenters. The summed E-state index contributed by atoms with van der Waals surface area (Å²) in [6.07, 6.45) is 1.62. The molecule has 0 amide bonds. The number of hydrogen-bond donors (Lipinski definition) is 2. The van der Waals surface area contributed by atoms with E-state index < -0.39 is 0 Å². The zero-order valence-electron chi connectivity index (χ0n) is 14.8. The van der Waals surface area contributed by atoms with Crippen molar-refractivity contribution >= 4 is 35.1 Å². The summed E-state index contributed by atoms with van der Waals surface area (Å²) in [5, 5.41) is 12.6. The Morgan fingerprint density at radius 1 is 1.40 bits per heavy atom. The van der Waals surface area contributed by atoms with Crippen molar-refractivity contribution < 1.29 is 4.74 Å². The topological polar surface area (TPSA) is 63.5 Å². The van der Waals surface area contributed by atoms with Crippen molar-refractivity contribution in [2.45, 2.75) is 20.8 Å². The van der Waals surface area contributed by atoms with Crippen LogP contribution in [0.1, 0.15) is 22.4 Å². The number of hydrazone groups is 1. The Kier molecular flexibility index (Phi) is 6.92. The van der Waals surface area contributed by atoms with Crippen LogP contribution in [0.4, 0.5) is 0 Å². The molecule has 2 aromatic rings. The fraction of sp³-hybridized carbons (Fsp3) is 0.353. The Balaban J connectivity index is 2.15. The third-order valence-electron chi connectivity index (χ3n) is 3.59. The summed E-state index contributed by atoms with van der Waals surface area (Å²) in [5.41, 5.74) is 7.49. The lowest BCUT2D eigenvalue weighted by Crippen LogP contribution is -2.34. The van der Waals surface area contributed by atoms with E-state index in [9.17, 15) is 0 Å². The van der Waals surface area contributed by atoms with Gasteiger partial charge in [-0.1, -0.05) is 23.7 Å². The number of benzene rings is 1. The number of thiocarbonyl (C=S) groups is 1. The number of hydrogen-bond acceptors (Lipinski definition) is 4. The van der Waals surface area contributed by atoms with Crippen LogP contribution in [0.15, 0.2) is 23.3 Å². The zero-order valence-corrected chi connectivity index (χ0v) is 16.3. The number of rotatable bonds is 6. The minimum atomic E-state index is 0.420. The molecule has 1 aromatic carbocycles. The van der Waals surface area contributed by atoms with Crippen LogP contribution in [0.25, 0.3) is 5.69 Å². The average Bonchev–Trinajstić information content (AvgIpc) is 2.85. The lowest BCUT2D eigenvalue weighted by Gasteiger charge is -2.08. The molecule has 0 saturated heterocycles. The third kappa shape index (κ3) is 5.01. The molecule has 6 nitrogen and oxygen atoms in total. The Hall–Kier alpha value is -1.96. The lowest BCUT2D eigenvalue weighted by atomic mass is 10.1. The van der Waals surface area contributed by atoms with Gasteiger partial charge in [0.05, 0.1) is 29.8 Å². The van der Waals surface area contributed by atoms with Crippen LogP contribution in [-0.2, 0) is 4.74 Å². The van der Waals surface area contributed by atoms with Crippen LogP contribution >= 0.6 is 23.8 Å². The highest BCUT2D eigenvalue weighted by Crippen LogP contribution is 2.24. The first kappa shape index (κ1) is 19.4. The highest BCUT2D eigenvalue weighted by Gasteiger charge is 2.14. The Morgan fingerprint density at radius 3 is 2.88 bits per heavy atom. The summed E-state index contributed by atoms with van der Waals surface area (Å²) in [5.74, 6) is 0. The van der Waals surface area contributed by atoms with Gasteiger partial charge in [0.15, 0.2) is 5.11 Å². The SMILES string of the molecule is COCCNC(=S)N/N=C\c1c(C)nn(-c2cc(C)ccc2C)c1Cl. The van der Waals surface area contributed by atoms with Gasteiger partial charge < -0.3 is 10.1 Å². The molecule has 0 unspecified atom stereocenters. The van der Waals surface area contributed by atoms with Crippen LogP contribution in [-0.4, -0.2) is 41.4 Å². The molecule has 0 aliphatic rings. The van der Waals surface area contributed by atoms with E-state index in [1.54, 1.807) is 18.0 Å². The predicted octanol–water partition coefficient (Wildman–Crippen LogP) is 2.90. The third-order valence-corrected chi connectivity index (χ3v) is 4.19. The molecule has 25 heavy (non-hydrogen) atoms. The molecule has 0 bridgehead atoms. The highest BCUT2D eigenvalue weighted by atomic mass is 35.5. The smallest absolute Gasteiger partial charge is 0.187 e. The first-order valence-electron chi connectivity index (χ1n) is 7.82. The first-order valence-corrected chi connectivity index (χ1v) is 8.61. The molecule has 0 saturated carbocycles. The summed E-state index contributed by atoms with van der Waals surface area (Å²) < 4.78 is 6.68. The maximum atomic E-state index is 6.52. The maximum Gasteiger partial charge on any atom is 0.187 e. The maximum absolute atomic E-state index is 6.52. The van der Waals surface area contributed by atoms with Crippen molar-refractivity contribution in [3.05, 3.63) is 45.7 Å². The predicted molar refractivity (Wildman–Crippen MR) is 106 cm³/mol. The number of nitrogens with one attached hydrogen (secondary N) is 2. The van der Waals surface area contributed by atoms with Gasteiger partial charge in [0.1, 0.15) is 5.15 Å². The van der Waals surface area contributed by atoms with Gasteiger partial charge in [-0.3, -0.25) is 5.43 Å². The fourth-order valence-corrected chi connectivity index (χ4v) is 2.70. The summed E-state index contributed by atoms with van der Waals surface area (Å²) in [7, 11) is 1.63. The van der Waals surface area contributed by atoms with Crippen molar-refractivity contribution in [1.82, 2.24) is 20.5 Å². The molecular weight excluding hydrogens is 358 g/mol. The second kappa shape index (κ2) is 8.94. The molecular formula is C17H22ClN5OS. The van der Waals surface area contributed by atoms with Gasteiger partial charge in [-0.2, -0.15) is 10.2 Å². The first-order chi connectivity index (χ1) is 11.9. The Bertz CT molecular complexity index is 788. The van der Waals surface area contributed by atoms with Gasteiger partial charge in [0, 0.05) is 13.7 Å². The molecule has 2 rings (SSSR count). The van der Waals surface area contributed by atoms with Crippen LogP contribution in [0.2, 0.25) is 5.15 Å². The van der Waals surface area contributed by atoms with Crippen molar-refractivity contribution in [3.63, 3.8) is 0 Å². The second-order valence-electron chi connectivity index (χ2n) is 5.61. The standard InChI is InChI=1S/C17H22ClN5OS/c1-11-5-6-12(2)15(9-11)23-16(18)14(13(3)22-23)10-20-21-17(25)19-7-8-24-4/h5-6,9-10H,7-8H2,1-4H3,(H2,19,21,25)/b20-10-. The number of aryl methyl sites for hydroxylation is 3. The lowest BCUT2D eigenvalue weighted by molar-refractivity contribution is 0.204. The number of nitrogens with zero attached hydrogens (tertiary/aromatic N) is 3. The monoisotopic (exact) mass is 379 g/mol. The van der Waals surface area contributed by atoms with Gasteiger partial charge in [0.2, 0.25) is 0 Å². The fourth-order valence-electron chi connectivity index (χ4n) is 2.23. The van der Waals surface area contributed by atoms with Gasteiger partial charge in [-0.25, -0.2) is 4.68 Å². The largest absolute Gasteiger partial charge is 0.383 e. The summed E-state index contributed by atoms with van der Waals surface area (Å²) in [6.45, 7) is 7.14. The zero-order chi connectivity index (χ0) is 18.4. The summed E-state index contributed by atoms with van der Waals surface area (Å²) >= 11 is 11.6. The van der Waals surface area contributed by atoms with E-state index in [0.29, 0.717) is 23.4 Å². The van der Waals surface area contributed by atoms with Gasteiger partial charge in [-0.15, -0.1) is 0 Å². The highest BCUT2D eigenvalue weighted by molar-refractivity contribution is 7.80. The van der Waals surface area contributed by atoms with Gasteiger partial charge in [0.25, 0.3) is 0 Å². The van der Waals surface area contributed by atoms with Crippen molar-refractivity contribution in [3.8, 4) is 5.69 Å². The van der Waals surface area contributed by atoms with Crippen LogP contribution < -0.4 is 10.7 Å². The van der Waals surface area contributed by atoms with Crippen LogP contribution in [0, 0.1) is 20.8 Å². The normalized spacial score (nSPS) is 11.1. The van der Waals surface area contributed by atoms with Crippen molar-refractivity contribution in [1.29, 1.82) is 0 Å². The van der Waals surface area contributed by atoms with E-state index in [-0.39, 0.29) is 0 Å². The molecule has 0 fully saturated rings. The van der Waals surface area contributed by atoms with E-state index in [2.05, 4.69) is 39.1 Å². The molecule has 0 radical (unpaired) electrons. The second-order valence-corrected chi connectivity index (χ2v) is 6.38. The molecule has 0 spiro atoms. The molecule has 1 heterocycles. The summed E-state index contributed by atoms with van der Waals surface area (Å²) in [6, 6.07) is 6.17. The minimum absolute atomic E-state index is 0.420. The number of methoxy groups -OCH3 is 1. The van der Waals surface area contributed by atoms with E-state index >= 15 is 0 Å². The quantitative estimate of drug-likeness (QED) is 0.350. The molecule has 2 N–H and O–H groups in total. The van der Waals surface area contributed by atoms with E-state index in [0.717, 1.165) is 28.1 Å². The number of aromatic nitrogens is 2. The Labute approximate surface area is 158 Å². The molecule has 0 aliphatic carbocycles. The molecule has 1 aromatic heterocycles. The van der Waals surface area contributed by atoms with Crippen molar-refractivity contribution in [2.75, 3.05) is 20.3 Å². The van der Waals surface area contributed by atoms with E-state index in [1.165, 1.54) is 0 Å². The molecule has 8 heteroatoms. The Morgan fingerprint density at radius 2 is 2.16 bits per heavy atom. The molecule has 0 aliphatic heterocycles. The number of halogens is 1. The van der Waals surface area contributed by atoms with Crippen LogP contribution in [0.3, 0.4) is 0 Å². The van der Waals surface area contributed by atoms with Gasteiger partial charge >= 0.3 is 0 Å². The van der Waals surface area contributed by atoms with Crippen LogP contribution in [0.5, 0.6) is 0 Å². The molecule has 134 valence electrons. The minimum Gasteiger partial charge on any atom is -0.383 e. The summed E-state index contributed by atoms with van der Waals surface area (Å²) in [4.78, 5) is 0. The van der Waals surface area contributed by atoms with Crippen molar-refractivity contribution in [2.24, 2.45) is 5.10 Å². The van der Waals surface area contributed by atoms with E-state index in [4.69, 9.17) is 28.6 Å². The van der Waals surface area contributed by atoms with Gasteiger partial charge in [-0.05, 0) is 50.2 Å². The average molecular weight is 380 g/mol. The van der Waals surface area contributed by atoms with E-state index in [1.807, 2.05) is 20.8 Å². The number of ether oxygens (including phenoxy) is 1.